The van der Waals surface area contributed by atoms with Crippen LogP contribution in [0.5, 0.6) is 0 Å². The standard InChI is InChI=1S/C21H36O4/c1-19(18(25)7-9-22)8-6-16-14(10-19)4-5-17-20(2,13-23)11-15(24)12-21(16,17)3/h10,15-18,22-25H,4-9,11-13H2,1-3H3. The van der Waals surface area contributed by atoms with Gasteiger partial charge >= 0.3 is 0 Å². The van der Waals surface area contributed by atoms with Gasteiger partial charge in [-0.05, 0) is 67.6 Å². The Morgan fingerprint density at radius 2 is 1.88 bits per heavy atom. The zero-order valence-corrected chi connectivity index (χ0v) is 16.0. The third-order valence-corrected chi connectivity index (χ3v) is 7.99. The molecule has 0 aromatic heterocycles. The summed E-state index contributed by atoms with van der Waals surface area (Å²) in [7, 11) is 0. The first-order chi connectivity index (χ1) is 11.7. The van der Waals surface area contributed by atoms with E-state index in [9.17, 15) is 20.4 Å². The number of hydrogen-bond donors (Lipinski definition) is 4. The van der Waals surface area contributed by atoms with E-state index in [0.29, 0.717) is 24.7 Å². The van der Waals surface area contributed by atoms with Gasteiger partial charge in [0.2, 0.25) is 0 Å². The number of rotatable bonds is 4. The van der Waals surface area contributed by atoms with Crippen molar-refractivity contribution in [2.75, 3.05) is 13.2 Å². The van der Waals surface area contributed by atoms with Crippen LogP contribution in [0.3, 0.4) is 0 Å². The minimum atomic E-state index is -0.504. The highest BCUT2D eigenvalue weighted by Gasteiger charge is 2.57. The maximum Gasteiger partial charge on any atom is 0.0650 e. The summed E-state index contributed by atoms with van der Waals surface area (Å²) in [5.41, 5.74) is 0.988. The summed E-state index contributed by atoms with van der Waals surface area (Å²) >= 11 is 0. The maximum absolute atomic E-state index is 10.5. The number of hydrogen-bond acceptors (Lipinski definition) is 4. The average molecular weight is 353 g/mol. The smallest absolute Gasteiger partial charge is 0.0650 e. The molecule has 0 aromatic rings. The Morgan fingerprint density at radius 1 is 1.16 bits per heavy atom. The lowest BCUT2D eigenvalue weighted by Gasteiger charge is -2.61. The molecular formula is C21H36O4. The van der Waals surface area contributed by atoms with Crippen molar-refractivity contribution in [1.82, 2.24) is 0 Å². The topological polar surface area (TPSA) is 80.9 Å². The van der Waals surface area contributed by atoms with Crippen LogP contribution in [0.25, 0.3) is 0 Å². The molecule has 0 aromatic carbocycles. The van der Waals surface area contributed by atoms with E-state index in [1.165, 1.54) is 5.57 Å². The van der Waals surface area contributed by atoms with E-state index in [2.05, 4.69) is 26.8 Å². The lowest BCUT2D eigenvalue weighted by Crippen LogP contribution is -2.56. The quantitative estimate of drug-likeness (QED) is 0.586. The van der Waals surface area contributed by atoms with Crippen molar-refractivity contribution in [2.45, 2.75) is 77.9 Å². The second kappa shape index (κ2) is 6.63. The van der Waals surface area contributed by atoms with Gasteiger partial charge in [0.15, 0.2) is 0 Å². The Kier molecular flexibility index (Phi) is 5.13. The van der Waals surface area contributed by atoms with Crippen LogP contribution in [0.4, 0.5) is 0 Å². The molecule has 0 bridgehead atoms. The van der Waals surface area contributed by atoms with Crippen LogP contribution in [0, 0.1) is 28.1 Å². The van der Waals surface area contributed by atoms with Crippen LogP contribution in [0.2, 0.25) is 0 Å². The Bertz CT molecular complexity index is 532. The summed E-state index contributed by atoms with van der Waals surface area (Å²) in [5.74, 6) is 0.865. The molecule has 2 saturated carbocycles. The second-order valence-electron chi connectivity index (χ2n) is 9.82. The molecular weight excluding hydrogens is 316 g/mol. The molecule has 0 radical (unpaired) electrons. The summed E-state index contributed by atoms with van der Waals surface area (Å²) in [5, 5.41) is 40.3. The number of fused-ring (bicyclic) bond motifs is 3. The van der Waals surface area contributed by atoms with Crippen molar-refractivity contribution < 1.29 is 20.4 Å². The average Bonchev–Trinajstić information content (AvgIpc) is 2.53. The lowest BCUT2D eigenvalue weighted by molar-refractivity contribution is -0.133. The molecule has 4 nitrogen and oxygen atoms in total. The number of aliphatic hydroxyl groups is 4. The predicted molar refractivity (Wildman–Crippen MR) is 97.9 cm³/mol. The van der Waals surface area contributed by atoms with Gasteiger partial charge in [-0.25, -0.2) is 0 Å². The molecule has 0 aliphatic heterocycles. The van der Waals surface area contributed by atoms with E-state index in [1.54, 1.807) is 0 Å². The van der Waals surface area contributed by atoms with E-state index in [-0.39, 0.29) is 35.6 Å². The van der Waals surface area contributed by atoms with Crippen LogP contribution in [0.15, 0.2) is 11.6 Å². The molecule has 0 saturated heterocycles. The van der Waals surface area contributed by atoms with Gasteiger partial charge < -0.3 is 20.4 Å². The van der Waals surface area contributed by atoms with Gasteiger partial charge in [-0.1, -0.05) is 32.4 Å². The van der Waals surface area contributed by atoms with Crippen LogP contribution in [-0.2, 0) is 0 Å². The number of aliphatic hydroxyl groups excluding tert-OH is 4. The molecule has 0 amide bonds. The molecule has 3 rings (SSSR count). The number of allylic oxidation sites excluding steroid dienone is 1. The van der Waals surface area contributed by atoms with Crippen molar-refractivity contribution in [3.05, 3.63) is 11.6 Å². The first-order valence-corrected chi connectivity index (χ1v) is 9.98. The van der Waals surface area contributed by atoms with Crippen molar-refractivity contribution in [2.24, 2.45) is 28.1 Å². The molecule has 2 fully saturated rings. The summed E-state index contributed by atoms with van der Waals surface area (Å²) < 4.78 is 0. The van der Waals surface area contributed by atoms with Crippen molar-refractivity contribution >= 4 is 0 Å². The fraction of sp³-hybridized carbons (Fsp3) is 0.905. The normalized spacial score (nSPS) is 48.3. The largest absolute Gasteiger partial charge is 0.396 e. The molecule has 7 unspecified atom stereocenters. The van der Waals surface area contributed by atoms with Crippen molar-refractivity contribution in [3.8, 4) is 0 Å². The molecule has 3 aliphatic carbocycles. The highest BCUT2D eigenvalue weighted by molar-refractivity contribution is 5.25. The van der Waals surface area contributed by atoms with Crippen LogP contribution in [0.1, 0.15) is 65.7 Å². The summed E-state index contributed by atoms with van der Waals surface area (Å²) in [4.78, 5) is 0. The molecule has 0 heterocycles. The SMILES string of the molecule is CC1(C(O)CCO)C=C2CCC3C(C)(CO)CC(O)CC3(C)C2CC1. The molecule has 7 atom stereocenters. The lowest BCUT2D eigenvalue weighted by atomic mass is 9.44. The van der Waals surface area contributed by atoms with Crippen LogP contribution in [-0.4, -0.2) is 45.8 Å². The van der Waals surface area contributed by atoms with Gasteiger partial charge in [-0.2, -0.15) is 0 Å². The van der Waals surface area contributed by atoms with Gasteiger partial charge in [0, 0.05) is 18.6 Å². The maximum atomic E-state index is 10.5. The molecule has 4 N–H and O–H groups in total. The van der Waals surface area contributed by atoms with E-state index >= 15 is 0 Å². The summed E-state index contributed by atoms with van der Waals surface area (Å²) in [6, 6.07) is 0. The van der Waals surface area contributed by atoms with Gasteiger partial charge in [0.05, 0.1) is 12.2 Å². The fourth-order valence-electron chi connectivity index (χ4n) is 6.70. The van der Waals surface area contributed by atoms with Crippen molar-refractivity contribution in [1.29, 1.82) is 0 Å². The molecule has 3 aliphatic rings. The fourth-order valence-corrected chi connectivity index (χ4v) is 6.70. The van der Waals surface area contributed by atoms with Gasteiger partial charge in [-0.15, -0.1) is 0 Å². The Hall–Kier alpha value is -0.420. The second-order valence-corrected chi connectivity index (χ2v) is 9.82. The zero-order chi connectivity index (χ0) is 18.5. The molecule has 4 heteroatoms. The summed E-state index contributed by atoms with van der Waals surface area (Å²) in [6.07, 6.45) is 7.39. The highest BCUT2D eigenvalue weighted by atomic mass is 16.3. The first kappa shape index (κ1) is 19.3. The molecule has 0 spiro atoms. The van der Waals surface area contributed by atoms with Crippen LogP contribution >= 0.6 is 0 Å². The van der Waals surface area contributed by atoms with E-state index in [1.807, 2.05) is 0 Å². The third kappa shape index (κ3) is 3.09. The van der Waals surface area contributed by atoms with Crippen molar-refractivity contribution in [3.63, 3.8) is 0 Å². The minimum Gasteiger partial charge on any atom is -0.396 e. The van der Waals surface area contributed by atoms with Gasteiger partial charge in [0.25, 0.3) is 0 Å². The third-order valence-electron chi connectivity index (χ3n) is 7.99. The first-order valence-electron chi connectivity index (χ1n) is 9.98. The Morgan fingerprint density at radius 3 is 2.52 bits per heavy atom. The zero-order valence-electron chi connectivity index (χ0n) is 16.0. The van der Waals surface area contributed by atoms with E-state index in [0.717, 1.165) is 32.1 Å². The monoisotopic (exact) mass is 352 g/mol. The highest BCUT2D eigenvalue weighted by Crippen LogP contribution is 2.64. The predicted octanol–water partition coefficient (Wildman–Crippen LogP) is 2.64. The summed E-state index contributed by atoms with van der Waals surface area (Å²) in [6.45, 7) is 6.73. The molecule has 25 heavy (non-hydrogen) atoms. The van der Waals surface area contributed by atoms with E-state index < -0.39 is 6.10 Å². The van der Waals surface area contributed by atoms with Gasteiger partial charge in [0.1, 0.15) is 0 Å². The Balaban J connectivity index is 1.92. The minimum absolute atomic E-state index is 0.0164. The van der Waals surface area contributed by atoms with Crippen LogP contribution < -0.4 is 0 Å². The van der Waals surface area contributed by atoms with E-state index in [4.69, 9.17) is 0 Å². The Labute approximate surface area is 152 Å². The van der Waals surface area contributed by atoms with Gasteiger partial charge in [-0.3, -0.25) is 0 Å². The molecule has 144 valence electrons.